The van der Waals surface area contributed by atoms with Crippen LogP contribution in [-0.2, 0) is 4.79 Å². The number of nitrogens with zero attached hydrogens (tertiary/aromatic N) is 3. The van der Waals surface area contributed by atoms with Crippen LogP contribution in [0.5, 0.6) is 0 Å². The number of hydrogen-bond acceptors (Lipinski definition) is 5. The summed E-state index contributed by atoms with van der Waals surface area (Å²) in [6.45, 7) is 9.43. The minimum atomic E-state index is -0.959. The van der Waals surface area contributed by atoms with Gasteiger partial charge in [0.15, 0.2) is 5.82 Å². The van der Waals surface area contributed by atoms with Crippen LogP contribution in [0.1, 0.15) is 39.2 Å². The van der Waals surface area contributed by atoms with Crippen molar-refractivity contribution in [1.29, 1.82) is 0 Å². The van der Waals surface area contributed by atoms with Crippen LogP contribution in [0.25, 0.3) is 22.3 Å². The highest BCUT2D eigenvalue weighted by molar-refractivity contribution is 5.91. The molecule has 2 heterocycles. The Morgan fingerprint density at radius 3 is 2.53 bits per heavy atom. The Morgan fingerprint density at radius 1 is 1.12 bits per heavy atom. The molecule has 1 aromatic heterocycles. The second-order valence-electron chi connectivity index (χ2n) is 9.17. The van der Waals surface area contributed by atoms with Crippen molar-refractivity contribution in [1.82, 2.24) is 15.3 Å². The van der Waals surface area contributed by atoms with Crippen molar-refractivity contribution in [2.75, 3.05) is 18.0 Å². The number of carbonyl (C=O) groups is 1. The van der Waals surface area contributed by atoms with Gasteiger partial charge in [0.2, 0.25) is 5.91 Å². The Balaban J connectivity index is 0.00000306. The Hall–Kier alpha value is -2.99. The first-order valence-corrected chi connectivity index (χ1v) is 11.4. The van der Waals surface area contributed by atoms with E-state index < -0.39 is 6.10 Å². The maximum absolute atomic E-state index is 12.2. The number of aryl methyl sites for hydroxylation is 2. The van der Waals surface area contributed by atoms with Crippen molar-refractivity contribution < 1.29 is 11.3 Å². The molecule has 1 aliphatic rings. The molecular weight excluding hydrogens is 400 g/mol. The van der Waals surface area contributed by atoms with Crippen LogP contribution < -0.4 is 10.2 Å². The molecule has 1 atom stereocenters. The van der Waals surface area contributed by atoms with Crippen LogP contribution in [-0.4, -0.2) is 46.2 Å². The smallest absolute Gasteiger partial charge is 0.249 e. The highest BCUT2D eigenvalue weighted by Crippen LogP contribution is 2.31. The lowest BCUT2D eigenvalue weighted by Crippen LogP contribution is -2.48. The average molecular weight is 435 g/mol. The second-order valence-corrected chi connectivity index (χ2v) is 9.17. The zero-order valence-corrected chi connectivity index (χ0v) is 19.3. The van der Waals surface area contributed by atoms with E-state index in [0.717, 1.165) is 59.6 Å². The lowest BCUT2D eigenvalue weighted by Gasteiger charge is -2.34. The van der Waals surface area contributed by atoms with Gasteiger partial charge < -0.3 is 15.3 Å². The van der Waals surface area contributed by atoms with E-state index in [9.17, 15) is 9.90 Å². The van der Waals surface area contributed by atoms with Gasteiger partial charge in [-0.25, -0.2) is 9.97 Å². The van der Waals surface area contributed by atoms with Gasteiger partial charge in [-0.05, 0) is 55.9 Å². The summed E-state index contributed by atoms with van der Waals surface area (Å²) in [6.07, 6.45) is 0.667. The number of benzene rings is 2. The molecular formula is C26H34N4O2. The van der Waals surface area contributed by atoms with Gasteiger partial charge >= 0.3 is 0 Å². The van der Waals surface area contributed by atoms with E-state index in [-0.39, 0.29) is 19.3 Å². The summed E-state index contributed by atoms with van der Waals surface area (Å²) in [7, 11) is 0. The van der Waals surface area contributed by atoms with Gasteiger partial charge in [-0.1, -0.05) is 44.2 Å². The largest absolute Gasteiger partial charge is 0.383 e. The molecule has 0 bridgehead atoms. The number of aliphatic hydroxyl groups is 1. The third-order valence-electron chi connectivity index (χ3n) is 6.26. The predicted molar refractivity (Wildman–Crippen MR) is 131 cm³/mol. The number of aliphatic hydroxyl groups excluding tert-OH is 1. The molecule has 2 aromatic carbocycles. The van der Waals surface area contributed by atoms with Crippen molar-refractivity contribution in [3.8, 4) is 11.4 Å². The Kier molecular flexibility index (Phi) is 6.42. The van der Waals surface area contributed by atoms with E-state index in [1.807, 2.05) is 26.0 Å². The van der Waals surface area contributed by atoms with E-state index >= 15 is 0 Å². The normalized spacial score (nSPS) is 15.9. The molecule has 1 amide bonds. The average Bonchev–Trinajstić information content (AvgIpc) is 2.78. The van der Waals surface area contributed by atoms with Gasteiger partial charge in [-0.2, -0.15) is 0 Å². The lowest BCUT2D eigenvalue weighted by molar-refractivity contribution is -0.132. The molecule has 1 unspecified atom stereocenters. The maximum Gasteiger partial charge on any atom is 0.249 e. The molecule has 2 N–H and O–H groups in total. The molecule has 32 heavy (non-hydrogen) atoms. The van der Waals surface area contributed by atoms with Gasteiger partial charge in [0.25, 0.3) is 0 Å². The third kappa shape index (κ3) is 4.60. The summed E-state index contributed by atoms with van der Waals surface area (Å²) in [5.74, 6) is 1.32. The molecule has 0 radical (unpaired) electrons. The Bertz CT molecular complexity index is 1130. The zero-order valence-electron chi connectivity index (χ0n) is 19.3. The molecule has 0 aliphatic carbocycles. The number of aromatic nitrogens is 2. The number of amides is 1. The van der Waals surface area contributed by atoms with Crippen molar-refractivity contribution in [3.05, 3.63) is 53.6 Å². The minimum Gasteiger partial charge on any atom is -0.383 e. The number of piperidine rings is 1. The number of fused-ring (bicyclic) bond motifs is 1. The second kappa shape index (κ2) is 9.25. The topological polar surface area (TPSA) is 78.4 Å². The standard InChI is InChI=1S/C26H32N4O2.H2/c1-16(2)23(31)26(32)27-19-11-13-30(14-12-19)25-21-10-9-17(3)15-22(21)28-24(29-25)20-8-6-5-7-18(20)4;/h5-10,15-16,19,23,31H,11-14H2,1-4H3,(H,27,32);1H. The van der Waals surface area contributed by atoms with Gasteiger partial charge in [0, 0.05) is 31.5 Å². The molecule has 0 spiro atoms. The van der Waals surface area contributed by atoms with E-state index in [0.29, 0.717) is 0 Å². The van der Waals surface area contributed by atoms with Crippen LogP contribution >= 0.6 is 0 Å². The first-order valence-electron chi connectivity index (χ1n) is 11.4. The number of anilines is 1. The molecule has 4 rings (SSSR count). The van der Waals surface area contributed by atoms with Crippen molar-refractivity contribution >= 4 is 22.6 Å². The number of hydrogen-bond donors (Lipinski definition) is 2. The molecule has 6 nitrogen and oxygen atoms in total. The summed E-state index contributed by atoms with van der Waals surface area (Å²) in [6, 6.07) is 14.6. The molecule has 1 saturated heterocycles. The number of rotatable bonds is 5. The zero-order chi connectivity index (χ0) is 22.8. The van der Waals surface area contributed by atoms with E-state index in [1.54, 1.807) is 0 Å². The van der Waals surface area contributed by atoms with Crippen LogP contribution in [0, 0.1) is 19.8 Å². The van der Waals surface area contributed by atoms with Crippen molar-refractivity contribution in [3.63, 3.8) is 0 Å². The van der Waals surface area contributed by atoms with E-state index in [2.05, 4.69) is 54.4 Å². The van der Waals surface area contributed by atoms with E-state index in [1.165, 1.54) is 5.56 Å². The summed E-state index contributed by atoms with van der Waals surface area (Å²) in [4.78, 5) is 24.4. The lowest BCUT2D eigenvalue weighted by atomic mass is 10.0. The first-order chi connectivity index (χ1) is 15.3. The first kappa shape index (κ1) is 22.2. The van der Waals surface area contributed by atoms with Gasteiger partial charge in [-0.3, -0.25) is 4.79 Å². The quantitative estimate of drug-likeness (QED) is 0.627. The van der Waals surface area contributed by atoms with Gasteiger partial charge in [0.05, 0.1) is 5.52 Å². The summed E-state index contributed by atoms with van der Waals surface area (Å²) in [5.41, 5.74) is 4.31. The molecule has 1 aliphatic heterocycles. The molecule has 1 fully saturated rings. The number of nitrogens with one attached hydrogen (secondary N) is 1. The fourth-order valence-corrected chi connectivity index (χ4v) is 4.23. The third-order valence-corrected chi connectivity index (χ3v) is 6.26. The van der Waals surface area contributed by atoms with Gasteiger partial charge in [0.1, 0.15) is 11.9 Å². The number of carbonyl (C=O) groups excluding carboxylic acids is 1. The SMILES string of the molecule is Cc1ccc2c(N3CCC(NC(=O)C(O)C(C)C)CC3)nc(-c3ccccc3C)nc2c1.[HH]. The van der Waals surface area contributed by atoms with Crippen LogP contribution in [0.15, 0.2) is 42.5 Å². The highest BCUT2D eigenvalue weighted by atomic mass is 16.3. The van der Waals surface area contributed by atoms with Crippen LogP contribution in [0.4, 0.5) is 5.82 Å². The highest BCUT2D eigenvalue weighted by Gasteiger charge is 2.26. The van der Waals surface area contributed by atoms with Crippen LogP contribution in [0.2, 0.25) is 0 Å². The Labute approximate surface area is 191 Å². The monoisotopic (exact) mass is 434 g/mol. The summed E-state index contributed by atoms with van der Waals surface area (Å²) in [5, 5.41) is 14.1. The Morgan fingerprint density at radius 2 is 1.84 bits per heavy atom. The summed E-state index contributed by atoms with van der Waals surface area (Å²) >= 11 is 0. The molecule has 0 saturated carbocycles. The predicted octanol–water partition coefficient (Wildman–Crippen LogP) is 4.26. The van der Waals surface area contributed by atoms with Crippen LogP contribution in [0.3, 0.4) is 0 Å². The summed E-state index contributed by atoms with van der Waals surface area (Å²) < 4.78 is 0. The molecule has 6 heteroatoms. The van der Waals surface area contributed by atoms with Crippen molar-refractivity contribution in [2.45, 2.75) is 52.7 Å². The molecule has 170 valence electrons. The fourth-order valence-electron chi connectivity index (χ4n) is 4.23. The maximum atomic E-state index is 12.2. The molecule has 3 aromatic rings. The van der Waals surface area contributed by atoms with Gasteiger partial charge in [-0.15, -0.1) is 0 Å². The van der Waals surface area contributed by atoms with Crippen molar-refractivity contribution in [2.24, 2.45) is 5.92 Å². The minimum absolute atomic E-state index is 0. The van der Waals surface area contributed by atoms with E-state index in [4.69, 9.17) is 9.97 Å². The fraction of sp³-hybridized carbons (Fsp3) is 0.423.